The van der Waals surface area contributed by atoms with E-state index in [4.69, 9.17) is 9.84 Å². The van der Waals surface area contributed by atoms with Gasteiger partial charge in [0.25, 0.3) is 0 Å². The Hall–Kier alpha value is -3.40. The number of rotatable bonds is 10. The lowest BCUT2D eigenvalue weighted by molar-refractivity contribution is 0.200. The quantitative estimate of drug-likeness (QED) is 0.289. The van der Waals surface area contributed by atoms with Crippen LogP contribution in [0.2, 0.25) is 0 Å². The number of hydrogen-bond acceptors (Lipinski definition) is 5. The predicted octanol–water partition coefficient (Wildman–Crippen LogP) is 5.00. The van der Waals surface area contributed by atoms with Gasteiger partial charge in [0.2, 0.25) is 0 Å². The molecule has 1 unspecified atom stereocenters. The van der Waals surface area contributed by atoms with Crippen LogP contribution in [-0.2, 0) is 15.6 Å². The fraction of sp³-hybridized carbons (Fsp3) is 0.345. The van der Waals surface area contributed by atoms with Crippen molar-refractivity contribution >= 4 is 16.3 Å². The van der Waals surface area contributed by atoms with E-state index in [-0.39, 0.29) is 18.6 Å². The van der Waals surface area contributed by atoms with E-state index in [2.05, 4.69) is 53.4 Å². The summed E-state index contributed by atoms with van der Waals surface area (Å²) in [5.74, 6) is 0.696. The van der Waals surface area contributed by atoms with Gasteiger partial charge in [-0.25, -0.2) is 9.52 Å². The highest BCUT2D eigenvalue weighted by Gasteiger charge is 2.38. The number of benzene rings is 3. The molecule has 0 spiro atoms. The summed E-state index contributed by atoms with van der Waals surface area (Å²) in [6.45, 7) is 2.25. The van der Waals surface area contributed by atoms with Crippen LogP contribution < -0.4 is 19.5 Å². The monoisotopic (exact) mass is 537 g/mol. The summed E-state index contributed by atoms with van der Waals surface area (Å²) in [6, 6.07) is 27.0. The molecule has 4 N–H and O–H groups in total. The first-order valence-electron chi connectivity index (χ1n) is 12.8. The summed E-state index contributed by atoms with van der Waals surface area (Å²) >= 11 is 0. The lowest BCUT2D eigenvalue weighted by Crippen LogP contribution is -2.49. The van der Waals surface area contributed by atoms with Gasteiger partial charge in [-0.05, 0) is 67.0 Å². The molecule has 202 valence electrons. The summed E-state index contributed by atoms with van der Waals surface area (Å²) in [6.07, 6.45) is 1.53. The second-order valence-corrected chi connectivity index (χ2v) is 11.4. The molecule has 0 bridgehead atoms. The van der Waals surface area contributed by atoms with E-state index >= 15 is 0 Å². The third-order valence-corrected chi connectivity index (χ3v) is 8.42. The Kier molecular flexibility index (Phi) is 8.71. The van der Waals surface area contributed by atoms with Crippen LogP contribution >= 0.6 is 0 Å². The summed E-state index contributed by atoms with van der Waals surface area (Å²) in [7, 11) is -2.58. The molecule has 8 nitrogen and oxygen atoms in total. The third kappa shape index (κ3) is 6.92. The average molecular weight is 538 g/mol. The van der Waals surface area contributed by atoms with Crippen LogP contribution in [0.25, 0.3) is 11.1 Å². The second-order valence-electron chi connectivity index (χ2n) is 9.89. The molecule has 1 atom stereocenters. The number of amides is 1. The maximum absolute atomic E-state index is 12.2. The topological polar surface area (TPSA) is 117 Å². The molecule has 3 aromatic rings. The van der Waals surface area contributed by atoms with Crippen molar-refractivity contribution in [3.8, 4) is 16.9 Å². The minimum atomic E-state index is -4.18. The van der Waals surface area contributed by atoms with Crippen LogP contribution in [-0.4, -0.2) is 39.3 Å². The van der Waals surface area contributed by atoms with Crippen LogP contribution in [0, 0.1) is 0 Å². The summed E-state index contributed by atoms with van der Waals surface area (Å²) in [4.78, 5) is 10.9. The molecule has 9 heteroatoms. The van der Waals surface area contributed by atoms with Crippen LogP contribution in [0.4, 0.5) is 4.79 Å². The van der Waals surface area contributed by atoms with E-state index in [0.717, 1.165) is 31.2 Å². The third-order valence-electron chi connectivity index (χ3n) is 7.45. The zero-order valence-corrected chi connectivity index (χ0v) is 22.5. The van der Waals surface area contributed by atoms with Crippen molar-refractivity contribution in [2.45, 2.75) is 50.1 Å². The molecule has 0 saturated heterocycles. The van der Waals surface area contributed by atoms with Crippen molar-refractivity contribution in [1.82, 2.24) is 14.8 Å². The van der Waals surface area contributed by atoms with E-state index in [1.807, 2.05) is 42.5 Å². The van der Waals surface area contributed by atoms with Crippen LogP contribution in [0.3, 0.4) is 0 Å². The highest BCUT2D eigenvalue weighted by atomic mass is 32.2. The highest BCUT2D eigenvalue weighted by Crippen LogP contribution is 2.41. The number of carboxylic acid groups (broad SMARTS) is 1. The zero-order chi connectivity index (χ0) is 27.2. The molecule has 0 radical (unpaired) electrons. The van der Waals surface area contributed by atoms with E-state index in [9.17, 15) is 13.2 Å². The Morgan fingerprint density at radius 2 is 1.66 bits per heavy atom. The molecule has 0 heterocycles. The summed E-state index contributed by atoms with van der Waals surface area (Å²) < 4.78 is 33.9. The Labute approximate surface area is 224 Å². The van der Waals surface area contributed by atoms with Gasteiger partial charge in [0.05, 0.1) is 7.11 Å². The standard InChI is InChI=1S/C29H35N3O5S/c1-21(22-11-13-24(14-12-22)23-7-4-3-5-8-23)31-26-15-17-29(18-16-26,20-30-38(35,36)32-28(33)34)25-9-6-10-27(19-25)37-2/h3-14,19,21,26,30-32H,15-18,20H2,1-2H3,(H,33,34). The minimum Gasteiger partial charge on any atom is -0.497 e. The second kappa shape index (κ2) is 12.0. The number of methoxy groups -OCH3 is 1. The molecule has 1 aliphatic rings. The molecule has 0 aliphatic heterocycles. The molecule has 1 amide bonds. The van der Waals surface area contributed by atoms with Gasteiger partial charge in [-0.3, -0.25) is 0 Å². The van der Waals surface area contributed by atoms with Gasteiger partial charge in [-0.2, -0.15) is 13.1 Å². The summed E-state index contributed by atoms with van der Waals surface area (Å²) in [5.41, 5.74) is 4.07. The normalized spacial score (nSPS) is 20.4. The molecule has 3 aromatic carbocycles. The number of carbonyl (C=O) groups is 1. The molecule has 38 heavy (non-hydrogen) atoms. The molecule has 1 aliphatic carbocycles. The van der Waals surface area contributed by atoms with Crippen LogP contribution in [0.1, 0.15) is 49.8 Å². The SMILES string of the molecule is COc1cccc(C2(CNS(=O)(=O)NC(=O)O)CCC(NC(C)c3ccc(-c4ccccc4)cc3)CC2)c1. The first-order chi connectivity index (χ1) is 18.2. The maximum Gasteiger partial charge on any atom is 0.419 e. The molecular formula is C29H35N3O5S. The number of nitrogens with one attached hydrogen (secondary N) is 3. The molecule has 0 aromatic heterocycles. The van der Waals surface area contributed by atoms with E-state index in [0.29, 0.717) is 5.75 Å². The first kappa shape index (κ1) is 27.6. The number of ether oxygens (including phenoxy) is 1. The van der Waals surface area contributed by atoms with Crippen molar-refractivity contribution in [2.24, 2.45) is 0 Å². The molecular weight excluding hydrogens is 502 g/mol. The Bertz CT molecular complexity index is 1320. The van der Waals surface area contributed by atoms with Gasteiger partial charge in [-0.15, -0.1) is 0 Å². The van der Waals surface area contributed by atoms with Crippen LogP contribution in [0.15, 0.2) is 78.9 Å². The Morgan fingerprint density at radius 1 is 1.00 bits per heavy atom. The van der Waals surface area contributed by atoms with Gasteiger partial charge in [0.1, 0.15) is 5.75 Å². The predicted molar refractivity (Wildman–Crippen MR) is 148 cm³/mol. The largest absolute Gasteiger partial charge is 0.497 e. The Morgan fingerprint density at radius 3 is 2.29 bits per heavy atom. The Balaban J connectivity index is 1.44. The van der Waals surface area contributed by atoms with Gasteiger partial charge in [0.15, 0.2) is 0 Å². The fourth-order valence-corrected chi connectivity index (χ4v) is 6.05. The highest BCUT2D eigenvalue weighted by molar-refractivity contribution is 7.88. The summed E-state index contributed by atoms with van der Waals surface area (Å²) in [5, 5.41) is 12.6. The van der Waals surface area contributed by atoms with Crippen molar-refractivity contribution < 1.29 is 23.1 Å². The lowest BCUT2D eigenvalue weighted by atomic mass is 9.68. The zero-order valence-electron chi connectivity index (χ0n) is 21.7. The van der Waals surface area contributed by atoms with E-state index in [1.165, 1.54) is 16.7 Å². The fourth-order valence-electron chi connectivity index (χ4n) is 5.29. The van der Waals surface area contributed by atoms with Crippen molar-refractivity contribution in [2.75, 3.05) is 13.7 Å². The van der Waals surface area contributed by atoms with Gasteiger partial charge < -0.3 is 15.2 Å². The van der Waals surface area contributed by atoms with Crippen LogP contribution in [0.5, 0.6) is 5.75 Å². The van der Waals surface area contributed by atoms with Crippen molar-refractivity contribution in [1.29, 1.82) is 0 Å². The number of hydrogen-bond donors (Lipinski definition) is 4. The van der Waals surface area contributed by atoms with Crippen molar-refractivity contribution in [3.63, 3.8) is 0 Å². The van der Waals surface area contributed by atoms with E-state index < -0.39 is 21.7 Å². The average Bonchev–Trinajstić information content (AvgIpc) is 2.93. The molecule has 1 saturated carbocycles. The van der Waals surface area contributed by atoms with Crippen molar-refractivity contribution in [3.05, 3.63) is 90.0 Å². The van der Waals surface area contributed by atoms with E-state index in [1.54, 1.807) is 11.8 Å². The smallest absolute Gasteiger partial charge is 0.419 e. The first-order valence-corrected chi connectivity index (χ1v) is 14.2. The van der Waals surface area contributed by atoms with Gasteiger partial charge in [-0.1, -0.05) is 66.7 Å². The van der Waals surface area contributed by atoms with Gasteiger partial charge >= 0.3 is 16.3 Å². The molecule has 4 rings (SSSR count). The van der Waals surface area contributed by atoms with Gasteiger partial charge in [0, 0.05) is 24.0 Å². The maximum atomic E-state index is 12.2. The molecule has 1 fully saturated rings. The minimum absolute atomic E-state index is 0.0893. The lowest BCUT2D eigenvalue weighted by Gasteiger charge is -2.42.